The van der Waals surface area contributed by atoms with Gasteiger partial charge >= 0.3 is 12.1 Å². The smallest absolute Gasteiger partial charge is 0.471 e. The predicted octanol–water partition coefficient (Wildman–Crippen LogP) is 2.88. The molecule has 1 heterocycles. The largest absolute Gasteiger partial charge is 0.507 e. The number of likely N-dealkylation sites (tertiary alicyclic amines) is 1. The summed E-state index contributed by atoms with van der Waals surface area (Å²) in [4.78, 5) is 12.7. The van der Waals surface area contributed by atoms with Gasteiger partial charge in [-0.2, -0.15) is 18.4 Å². The molecule has 24 heavy (non-hydrogen) atoms. The summed E-state index contributed by atoms with van der Waals surface area (Å²) < 4.78 is 38.6. The van der Waals surface area contributed by atoms with Gasteiger partial charge in [-0.05, 0) is 47.4 Å². The fourth-order valence-corrected chi connectivity index (χ4v) is 4.17. The van der Waals surface area contributed by atoms with Crippen LogP contribution in [0.5, 0.6) is 5.75 Å². The molecule has 0 radical (unpaired) electrons. The van der Waals surface area contributed by atoms with Crippen molar-refractivity contribution in [2.45, 2.75) is 44.3 Å². The first-order valence-electron chi connectivity index (χ1n) is 7.74. The number of phenolic OH excluding ortho intramolecular Hbond substituents is 1. The molecule has 0 saturated carbocycles. The van der Waals surface area contributed by atoms with Crippen molar-refractivity contribution in [2.75, 3.05) is 6.54 Å². The maximum atomic E-state index is 12.9. The fraction of sp³-hybridized carbons (Fsp3) is 0.529. The highest BCUT2D eigenvalue weighted by atomic mass is 19.4. The van der Waals surface area contributed by atoms with Gasteiger partial charge in [-0.15, -0.1) is 0 Å². The molecular formula is C17H17F3N2O2. The summed E-state index contributed by atoms with van der Waals surface area (Å²) in [6, 6.07) is 4.40. The second kappa shape index (κ2) is 5.13. The molecule has 1 saturated heterocycles. The average molecular weight is 338 g/mol. The second-order valence-corrected chi connectivity index (χ2v) is 6.86. The van der Waals surface area contributed by atoms with Gasteiger partial charge in [0.1, 0.15) is 11.8 Å². The summed E-state index contributed by atoms with van der Waals surface area (Å²) in [5, 5.41) is 19.0. The molecule has 2 aliphatic rings. The fourth-order valence-electron chi connectivity index (χ4n) is 4.17. The van der Waals surface area contributed by atoms with Crippen LogP contribution in [0, 0.1) is 17.2 Å². The zero-order chi connectivity index (χ0) is 17.9. The number of hydrogen-bond donors (Lipinski definition) is 1. The highest BCUT2D eigenvalue weighted by Crippen LogP contribution is 2.50. The summed E-state index contributed by atoms with van der Waals surface area (Å²) in [7, 11) is 0. The molecule has 3 rings (SSSR count). The third-order valence-corrected chi connectivity index (χ3v) is 5.74. The summed E-state index contributed by atoms with van der Waals surface area (Å²) in [5.41, 5.74) is 1.25. The Balaban J connectivity index is 2.08. The van der Waals surface area contributed by atoms with Crippen LogP contribution < -0.4 is 0 Å². The van der Waals surface area contributed by atoms with E-state index in [2.05, 4.69) is 0 Å². The summed E-state index contributed by atoms with van der Waals surface area (Å²) >= 11 is 0. The van der Waals surface area contributed by atoms with Crippen LogP contribution in [0.15, 0.2) is 12.1 Å². The van der Waals surface area contributed by atoms with Crippen LogP contribution >= 0.6 is 0 Å². The van der Waals surface area contributed by atoms with E-state index in [-0.39, 0.29) is 30.2 Å². The average Bonchev–Trinajstić information content (AvgIpc) is 2.50. The van der Waals surface area contributed by atoms with Crippen LogP contribution in [-0.4, -0.2) is 34.7 Å². The van der Waals surface area contributed by atoms with Gasteiger partial charge in [0.25, 0.3) is 0 Å². The summed E-state index contributed by atoms with van der Waals surface area (Å²) in [6.45, 7) is 3.83. The van der Waals surface area contributed by atoms with Crippen LogP contribution in [0.4, 0.5) is 13.2 Å². The minimum atomic E-state index is -4.89. The minimum Gasteiger partial charge on any atom is -0.507 e. The van der Waals surface area contributed by atoms with Crippen LogP contribution in [0.2, 0.25) is 0 Å². The molecule has 1 unspecified atom stereocenters. The zero-order valence-electron chi connectivity index (χ0n) is 13.3. The predicted molar refractivity (Wildman–Crippen MR) is 79.2 cm³/mol. The molecule has 3 atom stereocenters. The van der Waals surface area contributed by atoms with Crippen LogP contribution in [-0.2, 0) is 16.6 Å². The molecule has 1 aromatic carbocycles. The Kier molecular flexibility index (Phi) is 3.55. The van der Waals surface area contributed by atoms with Crippen molar-refractivity contribution < 1.29 is 23.1 Å². The van der Waals surface area contributed by atoms with Crippen LogP contribution in [0.1, 0.15) is 37.0 Å². The number of benzene rings is 1. The van der Waals surface area contributed by atoms with E-state index in [0.29, 0.717) is 6.42 Å². The molecule has 128 valence electrons. The Hall–Kier alpha value is -2.23. The molecule has 0 aromatic heterocycles. The molecule has 2 bridgehead atoms. The molecule has 1 N–H and O–H groups in total. The zero-order valence-corrected chi connectivity index (χ0v) is 13.3. The van der Waals surface area contributed by atoms with E-state index in [1.165, 1.54) is 6.07 Å². The van der Waals surface area contributed by atoms with Crippen LogP contribution in [0.3, 0.4) is 0 Å². The van der Waals surface area contributed by atoms with Gasteiger partial charge in [-0.1, -0.05) is 13.8 Å². The van der Waals surface area contributed by atoms with Crippen molar-refractivity contribution in [2.24, 2.45) is 5.92 Å². The maximum Gasteiger partial charge on any atom is 0.471 e. The highest BCUT2D eigenvalue weighted by molar-refractivity contribution is 5.82. The number of nitrogens with zero attached hydrogens (tertiary/aromatic N) is 2. The van der Waals surface area contributed by atoms with Crippen molar-refractivity contribution in [1.29, 1.82) is 5.26 Å². The van der Waals surface area contributed by atoms with Gasteiger partial charge in [0.15, 0.2) is 0 Å². The van der Waals surface area contributed by atoms with Gasteiger partial charge < -0.3 is 10.0 Å². The molecule has 7 heteroatoms. The number of aromatic hydroxyl groups is 1. The Bertz CT molecular complexity index is 753. The van der Waals surface area contributed by atoms with Gasteiger partial charge in [0, 0.05) is 12.6 Å². The molecule has 1 aliphatic heterocycles. The van der Waals surface area contributed by atoms with Crippen molar-refractivity contribution in [1.82, 2.24) is 4.90 Å². The first kappa shape index (κ1) is 16.6. The van der Waals surface area contributed by atoms with E-state index in [1.807, 2.05) is 19.9 Å². The number of carbonyl (C=O) groups excluding carboxylic acids is 1. The van der Waals surface area contributed by atoms with Gasteiger partial charge in [-0.25, -0.2) is 0 Å². The normalized spacial score (nSPS) is 28.9. The number of alkyl halides is 3. The van der Waals surface area contributed by atoms with E-state index in [1.54, 1.807) is 6.07 Å². The summed E-state index contributed by atoms with van der Waals surface area (Å²) in [6.07, 6.45) is -4.26. The van der Waals surface area contributed by atoms with Gasteiger partial charge in [0.05, 0.1) is 5.56 Å². The van der Waals surface area contributed by atoms with Gasteiger partial charge in [-0.3, -0.25) is 4.79 Å². The number of amides is 1. The number of phenols is 1. The molecule has 1 amide bonds. The molecule has 4 nitrogen and oxygen atoms in total. The molecular weight excluding hydrogens is 321 g/mol. The SMILES string of the molecule is C[C@@H]1C2Cc3cc(C#N)c(O)cc3[C@]1(C)CCN2C(=O)C(F)(F)F. The third-order valence-electron chi connectivity index (χ3n) is 5.74. The number of fused-ring (bicyclic) bond motifs is 4. The first-order chi connectivity index (χ1) is 11.1. The van der Waals surface area contributed by atoms with E-state index in [4.69, 9.17) is 5.26 Å². The van der Waals surface area contributed by atoms with Crippen molar-refractivity contribution in [3.05, 3.63) is 28.8 Å². The molecule has 1 fully saturated rings. The highest BCUT2D eigenvalue weighted by Gasteiger charge is 2.54. The quantitative estimate of drug-likeness (QED) is 0.791. The number of nitriles is 1. The van der Waals surface area contributed by atoms with E-state index >= 15 is 0 Å². The number of hydrogen-bond acceptors (Lipinski definition) is 3. The Morgan fingerprint density at radius 1 is 1.46 bits per heavy atom. The number of carbonyl (C=O) groups is 1. The van der Waals surface area contributed by atoms with E-state index in [0.717, 1.165) is 16.0 Å². The number of rotatable bonds is 0. The third kappa shape index (κ3) is 2.24. The second-order valence-electron chi connectivity index (χ2n) is 6.86. The minimum absolute atomic E-state index is 0.0318. The Labute approximate surface area is 137 Å². The van der Waals surface area contributed by atoms with Gasteiger partial charge in [0.2, 0.25) is 0 Å². The maximum absolute atomic E-state index is 12.9. The summed E-state index contributed by atoms with van der Waals surface area (Å²) in [5.74, 6) is -2.10. The lowest BCUT2D eigenvalue weighted by atomic mass is 9.59. The molecule has 1 aromatic rings. The topological polar surface area (TPSA) is 64.3 Å². The Morgan fingerprint density at radius 3 is 2.71 bits per heavy atom. The van der Waals surface area contributed by atoms with Crippen molar-refractivity contribution >= 4 is 5.91 Å². The monoisotopic (exact) mass is 338 g/mol. The van der Waals surface area contributed by atoms with Crippen molar-refractivity contribution in [3.63, 3.8) is 0 Å². The molecule has 1 aliphatic carbocycles. The number of halogens is 3. The Morgan fingerprint density at radius 2 is 2.12 bits per heavy atom. The molecule has 0 spiro atoms. The standard InChI is InChI=1S/C17H17F3N2O2/c1-9-13-6-10-5-11(8-21)14(23)7-12(10)16(9,2)3-4-22(13)15(24)17(18,19)20/h5,7,9,13,23H,3-4,6H2,1-2H3/t9-,13?,16-/m1/s1. The lowest BCUT2D eigenvalue weighted by Crippen LogP contribution is -2.61. The van der Waals surface area contributed by atoms with Crippen molar-refractivity contribution in [3.8, 4) is 11.8 Å². The first-order valence-corrected chi connectivity index (χ1v) is 7.74. The lowest BCUT2D eigenvalue weighted by Gasteiger charge is -2.54. The van der Waals surface area contributed by atoms with Crippen LogP contribution in [0.25, 0.3) is 0 Å². The number of piperidine rings is 1. The van der Waals surface area contributed by atoms with E-state index < -0.39 is 23.5 Å². The van der Waals surface area contributed by atoms with E-state index in [9.17, 15) is 23.1 Å². The lowest BCUT2D eigenvalue weighted by molar-refractivity contribution is -0.192.